The Morgan fingerprint density at radius 1 is 1.33 bits per heavy atom. The van der Waals surface area contributed by atoms with Gasteiger partial charge in [0, 0.05) is 12.2 Å². The van der Waals surface area contributed by atoms with Crippen molar-refractivity contribution in [2.45, 2.75) is 38.1 Å². The number of nitrogens with one attached hydrogen (secondary N) is 1. The molecule has 1 aliphatic rings. The van der Waals surface area contributed by atoms with Crippen LogP contribution in [0.5, 0.6) is 0 Å². The molecule has 0 radical (unpaired) electrons. The highest BCUT2D eigenvalue weighted by atomic mass is 16.4. The highest BCUT2D eigenvalue weighted by Crippen LogP contribution is 2.28. The monoisotopic (exact) mass is 290 g/mol. The Balaban J connectivity index is 2.26. The lowest BCUT2D eigenvalue weighted by atomic mass is 9.92. The van der Waals surface area contributed by atoms with Crippen LogP contribution in [0.25, 0.3) is 0 Å². The molecule has 5 nitrogen and oxygen atoms in total. The average Bonchev–Trinajstić information content (AvgIpc) is 2.98. The van der Waals surface area contributed by atoms with E-state index >= 15 is 0 Å². The summed E-state index contributed by atoms with van der Waals surface area (Å²) in [6.07, 6.45) is 2.43. The number of hydrogen-bond donors (Lipinski definition) is 2. The normalized spacial score (nSPS) is 21.2. The molecule has 0 aliphatic carbocycles. The second-order valence-corrected chi connectivity index (χ2v) is 5.40. The van der Waals surface area contributed by atoms with Crippen LogP contribution < -0.4 is 10.2 Å². The van der Waals surface area contributed by atoms with Gasteiger partial charge in [-0.15, -0.1) is 0 Å². The maximum atomic E-state index is 13.0. The first-order chi connectivity index (χ1) is 10.1. The van der Waals surface area contributed by atoms with Crippen LogP contribution in [-0.4, -0.2) is 35.6 Å². The Labute approximate surface area is 125 Å². The molecule has 1 atom stereocenters. The van der Waals surface area contributed by atoms with Crippen LogP contribution in [0, 0.1) is 0 Å². The van der Waals surface area contributed by atoms with E-state index in [9.17, 15) is 9.59 Å². The molecular weight excluding hydrogens is 268 g/mol. The lowest BCUT2D eigenvalue weighted by Gasteiger charge is -2.34. The van der Waals surface area contributed by atoms with Crippen molar-refractivity contribution in [2.75, 3.05) is 18.0 Å². The van der Waals surface area contributed by atoms with E-state index in [1.165, 1.54) is 0 Å². The molecule has 1 fully saturated rings. The van der Waals surface area contributed by atoms with Crippen molar-refractivity contribution in [2.24, 2.45) is 0 Å². The van der Waals surface area contributed by atoms with Gasteiger partial charge < -0.3 is 15.3 Å². The molecule has 1 heterocycles. The molecule has 2 N–H and O–H groups in total. The maximum Gasteiger partial charge on any atom is 0.305 e. The summed E-state index contributed by atoms with van der Waals surface area (Å²) in [6.45, 7) is 3.03. The fourth-order valence-corrected chi connectivity index (χ4v) is 2.86. The SMILES string of the molecule is CCC1(C(=O)N(CCC(=O)O)c2ccccc2)CCCN1. The Bertz CT molecular complexity index is 496. The zero-order chi connectivity index (χ0) is 15.3. The number of hydrogen-bond acceptors (Lipinski definition) is 3. The van der Waals surface area contributed by atoms with Gasteiger partial charge in [-0.25, -0.2) is 0 Å². The summed E-state index contributed by atoms with van der Waals surface area (Å²) in [5.74, 6) is -0.913. The van der Waals surface area contributed by atoms with E-state index in [0.717, 1.165) is 25.1 Å². The number of amides is 1. The number of carbonyl (C=O) groups is 2. The molecule has 1 aromatic rings. The number of para-hydroxylation sites is 1. The minimum atomic E-state index is -0.895. The largest absolute Gasteiger partial charge is 0.481 e. The average molecular weight is 290 g/mol. The van der Waals surface area contributed by atoms with E-state index in [1.54, 1.807) is 4.90 Å². The van der Waals surface area contributed by atoms with Crippen molar-refractivity contribution >= 4 is 17.6 Å². The van der Waals surface area contributed by atoms with Crippen LogP contribution >= 0.6 is 0 Å². The van der Waals surface area contributed by atoms with Gasteiger partial charge in [-0.3, -0.25) is 9.59 Å². The highest BCUT2D eigenvalue weighted by molar-refractivity contribution is 6.00. The third kappa shape index (κ3) is 3.42. The van der Waals surface area contributed by atoms with E-state index in [-0.39, 0.29) is 18.9 Å². The topological polar surface area (TPSA) is 69.6 Å². The molecular formula is C16H22N2O3. The summed E-state index contributed by atoms with van der Waals surface area (Å²) in [6, 6.07) is 9.29. The van der Waals surface area contributed by atoms with E-state index in [1.807, 2.05) is 37.3 Å². The van der Waals surface area contributed by atoms with Crippen LogP contribution in [0.1, 0.15) is 32.6 Å². The quantitative estimate of drug-likeness (QED) is 0.841. The molecule has 2 rings (SSSR count). The van der Waals surface area contributed by atoms with Crippen molar-refractivity contribution in [3.63, 3.8) is 0 Å². The Kier molecular flexibility index (Phi) is 4.96. The zero-order valence-corrected chi connectivity index (χ0v) is 12.3. The molecule has 21 heavy (non-hydrogen) atoms. The number of carbonyl (C=O) groups excluding carboxylic acids is 1. The number of rotatable bonds is 6. The zero-order valence-electron chi connectivity index (χ0n) is 12.3. The number of carboxylic acid groups (broad SMARTS) is 1. The second-order valence-electron chi connectivity index (χ2n) is 5.40. The number of nitrogens with zero attached hydrogens (tertiary/aromatic N) is 1. The third-order valence-electron chi connectivity index (χ3n) is 4.12. The Hall–Kier alpha value is -1.88. The predicted molar refractivity (Wildman–Crippen MR) is 81.3 cm³/mol. The van der Waals surface area contributed by atoms with Crippen molar-refractivity contribution in [3.05, 3.63) is 30.3 Å². The lowest BCUT2D eigenvalue weighted by molar-refractivity contribution is -0.136. The van der Waals surface area contributed by atoms with Crippen molar-refractivity contribution in [1.82, 2.24) is 5.32 Å². The van der Waals surface area contributed by atoms with Gasteiger partial charge in [0.25, 0.3) is 0 Å². The van der Waals surface area contributed by atoms with Crippen LogP contribution in [-0.2, 0) is 9.59 Å². The Morgan fingerprint density at radius 3 is 2.57 bits per heavy atom. The molecule has 114 valence electrons. The van der Waals surface area contributed by atoms with Crippen LogP contribution in [0.2, 0.25) is 0 Å². The Morgan fingerprint density at radius 2 is 2.05 bits per heavy atom. The van der Waals surface area contributed by atoms with Crippen molar-refractivity contribution < 1.29 is 14.7 Å². The van der Waals surface area contributed by atoms with Crippen LogP contribution in [0.15, 0.2) is 30.3 Å². The summed E-state index contributed by atoms with van der Waals surface area (Å²) in [5.41, 5.74) is 0.208. The second kappa shape index (κ2) is 6.72. The summed E-state index contributed by atoms with van der Waals surface area (Å²) < 4.78 is 0. The molecule has 1 amide bonds. The first-order valence-electron chi connectivity index (χ1n) is 7.43. The summed E-state index contributed by atoms with van der Waals surface area (Å²) in [4.78, 5) is 25.5. The standard InChI is InChI=1S/C16H22N2O3/c1-2-16(10-6-11-17-16)15(21)18(12-9-14(19)20)13-7-4-3-5-8-13/h3-5,7-8,17H,2,6,9-12H2,1H3,(H,19,20). The molecule has 0 aromatic heterocycles. The van der Waals surface area contributed by atoms with Gasteiger partial charge in [0.1, 0.15) is 0 Å². The first-order valence-corrected chi connectivity index (χ1v) is 7.43. The van der Waals surface area contributed by atoms with Gasteiger partial charge in [-0.1, -0.05) is 25.1 Å². The van der Waals surface area contributed by atoms with Crippen molar-refractivity contribution in [1.29, 1.82) is 0 Å². The molecule has 1 saturated heterocycles. The minimum Gasteiger partial charge on any atom is -0.481 e. The summed E-state index contributed by atoms with van der Waals surface area (Å²) in [5, 5.41) is 12.2. The van der Waals surface area contributed by atoms with E-state index in [4.69, 9.17) is 5.11 Å². The molecule has 5 heteroatoms. The van der Waals surface area contributed by atoms with Gasteiger partial charge in [-0.05, 0) is 37.9 Å². The first kappa shape index (κ1) is 15.5. The van der Waals surface area contributed by atoms with Gasteiger partial charge in [0.05, 0.1) is 12.0 Å². The van der Waals surface area contributed by atoms with E-state index < -0.39 is 11.5 Å². The minimum absolute atomic E-state index is 0.0186. The van der Waals surface area contributed by atoms with E-state index in [2.05, 4.69) is 5.32 Å². The lowest BCUT2D eigenvalue weighted by Crippen LogP contribution is -2.55. The third-order valence-corrected chi connectivity index (χ3v) is 4.12. The predicted octanol–water partition coefficient (Wildman–Crippen LogP) is 2.03. The van der Waals surface area contributed by atoms with Crippen molar-refractivity contribution in [3.8, 4) is 0 Å². The van der Waals surface area contributed by atoms with Gasteiger partial charge in [-0.2, -0.15) is 0 Å². The highest BCUT2D eigenvalue weighted by Gasteiger charge is 2.42. The number of aliphatic carboxylic acids is 1. The molecule has 1 unspecified atom stereocenters. The smallest absolute Gasteiger partial charge is 0.305 e. The number of benzene rings is 1. The van der Waals surface area contributed by atoms with E-state index in [0.29, 0.717) is 6.42 Å². The molecule has 0 spiro atoms. The summed E-state index contributed by atoms with van der Waals surface area (Å²) in [7, 11) is 0. The molecule has 0 bridgehead atoms. The number of anilines is 1. The molecule has 0 saturated carbocycles. The fourth-order valence-electron chi connectivity index (χ4n) is 2.86. The van der Waals surface area contributed by atoms with Gasteiger partial charge in [0.2, 0.25) is 5.91 Å². The fraction of sp³-hybridized carbons (Fsp3) is 0.500. The van der Waals surface area contributed by atoms with Gasteiger partial charge >= 0.3 is 5.97 Å². The maximum absolute atomic E-state index is 13.0. The molecule has 1 aromatic carbocycles. The summed E-state index contributed by atoms with van der Waals surface area (Å²) >= 11 is 0. The molecule has 1 aliphatic heterocycles. The van der Waals surface area contributed by atoms with Crippen LogP contribution in [0.3, 0.4) is 0 Å². The van der Waals surface area contributed by atoms with Gasteiger partial charge in [0.15, 0.2) is 0 Å². The number of carboxylic acids is 1. The van der Waals surface area contributed by atoms with Crippen LogP contribution in [0.4, 0.5) is 5.69 Å².